The van der Waals surface area contributed by atoms with Crippen LogP contribution in [0.2, 0.25) is 5.02 Å². The number of carbonyl (C=O) groups excluding carboxylic acids is 1. The molecule has 1 aliphatic rings. The summed E-state index contributed by atoms with van der Waals surface area (Å²) in [6.45, 7) is 3.41. The molecule has 1 aromatic heterocycles. The number of hydrogen-bond donors (Lipinski definition) is 1. The molecule has 1 aliphatic heterocycles. The van der Waals surface area contributed by atoms with Crippen molar-refractivity contribution in [1.82, 2.24) is 15.1 Å². The van der Waals surface area contributed by atoms with E-state index in [2.05, 4.69) is 17.3 Å². The lowest BCUT2D eigenvalue weighted by molar-refractivity contribution is 0.0985. The Kier molecular flexibility index (Phi) is 4.49. The molecule has 0 bridgehead atoms. The number of rotatable bonds is 2. The molecule has 26 heavy (non-hydrogen) atoms. The standard InChI is InChI=1S/C20H19ClN4O/c1-14-13-24(19-6-3-2-5-15(19)12-22-14)20(26)17-8-7-16(11-18(17)21)25-10-4-9-23-25/h2-11,14,22H,12-13H2,1H3. The highest BCUT2D eigenvalue weighted by atomic mass is 35.5. The van der Waals surface area contributed by atoms with E-state index in [1.807, 2.05) is 47.5 Å². The van der Waals surface area contributed by atoms with Crippen LogP contribution in [0, 0.1) is 0 Å². The van der Waals surface area contributed by atoms with Gasteiger partial charge in [0.2, 0.25) is 0 Å². The molecule has 3 aromatic rings. The number of hydrogen-bond acceptors (Lipinski definition) is 3. The van der Waals surface area contributed by atoms with Gasteiger partial charge < -0.3 is 10.2 Å². The number of benzene rings is 2. The quantitative estimate of drug-likeness (QED) is 0.753. The molecule has 0 fully saturated rings. The minimum absolute atomic E-state index is 0.0926. The average molecular weight is 367 g/mol. The zero-order valence-electron chi connectivity index (χ0n) is 14.4. The lowest BCUT2D eigenvalue weighted by atomic mass is 10.1. The lowest BCUT2D eigenvalue weighted by Crippen LogP contribution is -2.39. The van der Waals surface area contributed by atoms with Gasteiger partial charge in [-0.05, 0) is 42.8 Å². The van der Waals surface area contributed by atoms with E-state index in [9.17, 15) is 4.79 Å². The number of fused-ring (bicyclic) bond motifs is 1. The summed E-state index contributed by atoms with van der Waals surface area (Å²) in [5, 5.41) is 8.06. The molecule has 1 unspecified atom stereocenters. The van der Waals surface area contributed by atoms with E-state index in [-0.39, 0.29) is 11.9 Å². The fourth-order valence-corrected chi connectivity index (χ4v) is 3.48. The van der Waals surface area contributed by atoms with Gasteiger partial charge in [0.25, 0.3) is 5.91 Å². The minimum atomic E-state index is -0.0926. The van der Waals surface area contributed by atoms with Crippen LogP contribution in [0.5, 0.6) is 0 Å². The van der Waals surface area contributed by atoms with Crippen LogP contribution in [0.1, 0.15) is 22.8 Å². The number of amides is 1. The van der Waals surface area contributed by atoms with Crippen LogP contribution < -0.4 is 10.2 Å². The van der Waals surface area contributed by atoms with Crippen LogP contribution in [0.4, 0.5) is 5.69 Å². The second kappa shape index (κ2) is 6.94. The van der Waals surface area contributed by atoms with E-state index in [1.54, 1.807) is 23.0 Å². The Labute approximate surface area is 157 Å². The van der Waals surface area contributed by atoms with Crippen molar-refractivity contribution in [2.24, 2.45) is 0 Å². The summed E-state index contributed by atoms with van der Waals surface area (Å²) < 4.78 is 1.72. The molecule has 1 amide bonds. The molecule has 4 rings (SSSR count). The molecule has 1 N–H and O–H groups in total. The van der Waals surface area contributed by atoms with Crippen molar-refractivity contribution in [3.8, 4) is 5.69 Å². The Hall–Kier alpha value is -2.63. The van der Waals surface area contributed by atoms with Crippen LogP contribution in [-0.4, -0.2) is 28.3 Å². The summed E-state index contributed by atoms with van der Waals surface area (Å²) in [5.41, 5.74) is 3.35. The average Bonchev–Trinajstić information content (AvgIpc) is 3.13. The first kappa shape index (κ1) is 16.8. The smallest absolute Gasteiger partial charge is 0.259 e. The third-order valence-corrected chi connectivity index (χ3v) is 4.89. The monoisotopic (exact) mass is 366 g/mol. The summed E-state index contributed by atoms with van der Waals surface area (Å²) >= 11 is 6.46. The highest BCUT2D eigenvalue weighted by Gasteiger charge is 2.26. The Balaban J connectivity index is 1.71. The van der Waals surface area contributed by atoms with Crippen molar-refractivity contribution < 1.29 is 4.79 Å². The Morgan fingerprint density at radius 1 is 1.23 bits per heavy atom. The molecule has 0 saturated carbocycles. The Morgan fingerprint density at radius 2 is 2.08 bits per heavy atom. The zero-order chi connectivity index (χ0) is 18.1. The summed E-state index contributed by atoms with van der Waals surface area (Å²) in [4.78, 5) is 15.1. The fraction of sp³-hybridized carbons (Fsp3) is 0.200. The summed E-state index contributed by atoms with van der Waals surface area (Å²) in [6.07, 6.45) is 3.54. The molecule has 0 saturated heterocycles. The van der Waals surface area contributed by atoms with Crippen molar-refractivity contribution in [2.45, 2.75) is 19.5 Å². The molecule has 2 heterocycles. The second-order valence-corrected chi connectivity index (χ2v) is 6.85. The summed E-state index contributed by atoms with van der Waals surface area (Å²) in [6, 6.07) is 15.4. The maximum Gasteiger partial charge on any atom is 0.259 e. The van der Waals surface area contributed by atoms with Crippen LogP contribution in [0.15, 0.2) is 60.9 Å². The first-order chi connectivity index (χ1) is 12.6. The van der Waals surface area contributed by atoms with Gasteiger partial charge >= 0.3 is 0 Å². The number of nitrogens with one attached hydrogen (secondary N) is 1. The van der Waals surface area contributed by atoms with Crippen molar-refractivity contribution >= 4 is 23.2 Å². The molecule has 5 nitrogen and oxygen atoms in total. The maximum absolute atomic E-state index is 13.3. The van der Waals surface area contributed by atoms with Crippen LogP contribution in [0.25, 0.3) is 5.69 Å². The predicted octanol–water partition coefficient (Wildman–Crippen LogP) is 3.66. The highest BCUT2D eigenvalue weighted by molar-refractivity contribution is 6.34. The fourth-order valence-electron chi connectivity index (χ4n) is 3.22. The molecule has 6 heteroatoms. The molecule has 2 aromatic carbocycles. The van der Waals surface area contributed by atoms with Crippen molar-refractivity contribution in [1.29, 1.82) is 0 Å². The van der Waals surface area contributed by atoms with Gasteiger partial charge in [-0.1, -0.05) is 29.8 Å². The second-order valence-electron chi connectivity index (χ2n) is 6.44. The minimum Gasteiger partial charge on any atom is -0.308 e. The van der Waals surface area contributed by atoms with E-state index in [4.69, 9.17) is 11.6 Å². The lowest BCUT2D eigenvalue weighted by Gasteiger charge is -2.25. The number of anilines is 1. The molecule has 132 valence electrons. The van der Waals surface area contributed by atoms with Crippen molar-refractivity contribution in [3.05, 3.63) is 77.1 Å². The van der Waals surface area contributed by atoms with Crippen molar-refractivity contribution in [2.75, 3.05) is 11.4 Å². The number of aromatic nitrogens is 2. The van der Waals surface area contributed by atoms with Gasteiger partial charge in [-0.2, -0.15) is 5.10 Å². The highest BCUT2D eigenvalue weighted by Crippen LogP contribution is 2.28. The normalized spacial score (nSPS) is 16.8. The number of carbonyl (C=O) groups is 1. The third kappa shape index (κ3) is 3.11. The topological polar surface area (TPSA) is 50.2 Å². The van der Waals surface area contributed by atoms with E-state index in [1.165, 1.54) is 0 Å². The van der Waals surface area contributed by atoms with Crippen LogP contribution in [-0.2, 0) is 6.54 Å². The zero-order valence-corrected chi connectivity index (χ0v) is 15.1. The molecule has 0 radical (unpaired) electrons. The third-order valence-electron chi connectivity index (χ3n) is 4.58. The largest absolute Gasteiger partial charge is 0.308 e. The van der Waals surface area contributed by atoms with Gasteiger partial charge in [0, 0.05) is 37.2 Å². The first-order valence-corrected chi connectivity index (χ1v) is 8.94. The van der Waals surface area contributed by atoms with Gasteiger partial charge in [-0.15, -0.1) is 0 Å². The van der Waals surface area contributed by atoms with Crippen molar-refractivity contribution in [3.63, 3.8) is 0 Å². The summed E-state index contributed by atoms with van der Waals surface area (Å²) in [7, 11) is 0. The summed E-state index contributed by atoms with van der Waals surface area (Å²) in [5.74, 6) is -0.0926. The van der Waals surface area contributed by atoms with Gasteiger partial charge in [0.15, 0.2) is 0 Å². The maximum atomic E-state index is 13.3. The molecule has 1 atom stereocenters. The Bertz CT molecular complexity index is 939. The van der Waals surface area contributed by atoms with E-state index >= 15 is 0 Å². The number of para-hydroxylation sites is 1. The van der Waals surface area contributed by atoms with Gasteiger partial charge in [0.1, 0.15) is 0 Å². The van der Waals surface area contributed by atoms with Gasteiger partial charge in [-0.3, -0.25) is 4.79 Å². The SMILES string of the molecule is CC1CN(C(=O)c2ccc(-n3cccn3)cc2Cl)c2ccccc2CN1. The molecular weight excluding hydrogens is 348 g/mol. The molecule has 0 aliphatic carbocycles. The van der Waals surface area contributed by atoms with Crippen LogP contribution >= 0.6 is 11.6 Å². The number of halogens is 1. The van der Waals surface area contributed by atoms with Gasteiger partial charge in [0.05, 0.1) is 16.3 Å². The number of nitrogens with zero attached hydrogens (tertiary/aromatic N) is 3. The predicted molar refractivity (Wildman–Crippen MR) is 103 cm³/mol. The van der Waals surface area contributed by atoms with Gasteiger partial charge in [-0.25, -0.2) is 4.68 Å². The van der Waals surface area contributed by atoms with Crippen LogP contribution in [0.3, 0.4) is 0 Å². The van der Waals surface area contributed by atoms with E-state index in [0.29, 0.717) is 17.1 Å². The Morgan fingerprint density at radius 3 is 2.85 bits per heavy atom. The first-order valence-electron chi connectivity index (χ1n) is 8.56. The van der Waals surface area contributed by atoms with E-state index < -0.39 is 0 Å². The van der Waals surface area contributed by atoms with E-state index in [0.717, 1.165) is 23.5 Å². The molecular formula is C20H19ClN4O. The molecule has 0 spiro atoms.